The molecule has 19 heavy (non-hydrogen) atoms. The second-order valence-electron chi connectivity index (χ2n) is 4.43. The molecule has 0 saturated heterocycles. The highest BCUT2D eigenvalue weighted by Gasteiger charge is 2.28. The molecule has 7 heteroatoms. The minimum absolute atomic E-state index is 0.172. The molecule has 2 atom stereocenters. The predicted molar refractivity (Wildman–Crippen MR) is 67.3 cm³/mol. The molecule has 1 aliphatic rings. The highest BCUT2D eigenvalue weighted by atomic mass is 32.2. The first-order chi connectivity index (χ1) is 9.02. The van der Waals surface area contributed by atoms with Gasteiger partial charge in [-0.2, -0.15) is 34.3 Å². The Morgan fingerprint density at radius 1 is 1.16 bits per heavy atom. The van der Waals surface area contributed by atoms with Crippen molar-refractivity contribution < 1.29 is 17.6 Å². The Bertz CT molecular complexity index is 443. The topological polar surface area (TPSA) is 24.9 Å². The summed E-state index contributed by atoms with van der Waals surface area (Å²) in [4.78, 5) is 2.52. The Kier molecular flexibility index (Phi) is 4.54. The van der Waals surface area contributed by atoms with Gasteiger partial charge in [-0.05, 0) is 25.0 Å². The lowest BCUT2D eigenvalue weighted by Crippen LogP contribution is -2.19. The third kappa shape index (κ3) is 3.13. The SMILES string of the molecule is CCSC1CCC(Nc2c(F)c(F)nc(F)c2F)C1. The second-order valence-corrected chi connectivity index (χ2v) is 6.01. The highest BCUT2D eigenvalue weighted by molar-refractivity contribution is 7.99. The van der Waals surface area contributed by atoms with E-state index in [1.54, 1.807) is 11.8 Å². The summed E-state index contributed by atoms with van der Waals surface area (Å²) in [6.07, 6.45) is 2.38. The van der Waals surface area contributed by atoms with E-state index in [2.05, 4.69) is 10.3 Å². The molecule has 1 N–H and O–H groups in total. The van der Waals surface area contributed by atoms with Gasteiger partial charge in [0, 0.05) is 11.3 Å². The van der Waals surface area contributed by atoms with Crippen molar-refractivity contribution in [3.63, 3.8) is 0 Å². The molecule has 1 saturated carbocycles. The molecule has 1 aromatic heterocycles. The quantitative estimate of drug-likeness (QED) is 0.676. The van der Waals surface area contributed by atoms with E-state index < -0.39 is 29.2 Å². The molecule has 0 radical (unpaired) electrons. The van der Waals surface area contributed by atoms with Gasteiger partial charge < -0.3 is 5.32 Å². The lowest BCUT2D eigenvalue weighted by molar-refractivity contribution is 0.409. The predicted octanol–water partition coefficient (Wildman–Crippen LogP) is 3.72. The van der Waals surface area contributed by atoms with Crippen molar-refractivity contribution in [3.8, 4) is 0 Å². The number of nitrogens with one attached hydrogen (secondary N) is 1. The molecule has 2 rings (SSSR count). The van der Waals surface area contributed by atoms with Crippen LogP contribution in [0.5, 0.6) is 0 Å². The van der Waals surface area contributed by atoms with Crippen LogP contribution in [0.1, 0.15) is 26.2 Å². The molecule has 0 amide bonds. The molecule has 0 spiro atoms. The summed E-state index contributed by atoms with van der Waals surface area (Å²) in [5, 5.41) is 2.99. The molecule has 0 aliphatic heterocycles. The molecular formula is C12H14F4N2S. The number of aromatic nitrogens is 1. The zero-order valence-electron chi connectivity index (χ0n) is 10.4. The Hall–Kier alpha value is -0.980. The first kappa shape index (κ1) is 14.4. The molecule has 0 bridgehead atoms. The van der Waals surface area contributed by atoms with Gasteiger partial charge in [0.1, 0.15) is 5.69 Å². The van der Waals surface area contributed by atoms with Gasteiger partial charge in [0.25, 0.3) is 11.9 Å². The Labute approximate surface area is 113 Å². The monoisotopic (exact) mass is 294 g/mol. The van der Waals surface area contributed by atoms with Gasteiger partial charge in [0.05, 0.1) is 0 Å². The van der Waals surface area contributed by atoms with Gasteiger partial charge in [-0.25, -0.2) is 0 Å². The maximum absolute atomic E-state index is 13.4. The van der Waals surface area contributed by atoms with E-state index in [-0.39, 0.29) is 6.04 Å². The summed E-state index contributed by atoms with van der Waals surface area (Å²) in [6, 6.07) is -0.172. The average molecular weight is 294 g/mol. The van der Waals surface area contributed by atoms with E-state index in [9.17, 15) is 17.6 Å². The van der Waals surface area contributed by atoms with Crippen LogP contribution in [0.2, 0.25) is 0 Å². The summed E-state index contributed by atoms with van der Waals surface area (Å²) in [5.41, 5.74) is -0.753. The zero-order valence-corrected chi connectivity index (χ0v) is 11.2. The lowest BCUT2D eigenvalue weighted by atomic mass is 10.2. The summed E-state index contributed by atoms with van der Waals surface area (Å²) in [6.45, 7) is 2.04. The van der Waals surface area contributed by atoms with E-state index in [1.165, 1.54) is 0 Å². The van der Waals surface area contributed by atoms with E-state index in [4.69, 9.17) is 0 Å². The largest absolute Gasteiger partial charge is 0.377 e. The van der Waals surface area contributed by atoms with Crippen molar-refractivity contribution in [2.45, 2.75) is 37.5 Å². The Balaban J connectivity index is 2.12. The number of pyridine rings is 1. The molecule has 0 aromatic carbocycles. The van der Waals surface area contributed by atoms with E-state index in [0.29, 0.717) is 5.25 Å². The number of anilines is 1. The lowest BCUT2D eigenvalue weighted by Gasteiger charge is -2.15. The van der Waals surface area contributed by atoms with Crippen LogP contribution in [0, 0.1) is 23.5 Å². The third-order valence-electron chi connectivity index (χ3n) is 3.13. The van der Waals surface area contributed by atoms with Crippen LogP contribution in [0.15, 0.2) is 0 Å². The first-order valence-corrected chi connectivity index (χ1v) is 7.16. The van der Waals surface area contributed by atoms with Crippen LogP contribution in [-0.2, 0) is 0 Å². The minimum Gasteiger partial charge on any atom is -0.377 e. The first-order valence-electron chi connectivity index (χ1n) is 6.11. The maximum Gasteiger partial charge on any atom is 0.253 e. The normalized spacial score (nSPS) is 22.8. The van der Waals surface area contributed by atoms with Crippen LogP contribution in [0.3, 0.4) is 0 Å². The number of nitrogens with zero attached hydrogens (tertiary/aromatic N) is 1. The van der Waals surface area contributed by atoms with Crippen LogP contribution in [-0.4, -0.2) is 22.0 Å². The standard InChI is InChI=1S/C12H14F4N2S/c1-2-19-7-4-3-6(5-7)17-10-8(13)11(15)18-12(16)9(10)14/h6-7H,2-5H2,1H3,(H,17,18). The van der Waals surface area contributed by atoms with Crippen LogP contribution in [0.4, 0.5) is 23.2 Å². The van der Waals surface area contributed by atoms with Gasteiger partial charge in [-0.3, -0.25) is 0 Å². The Morgan fingerprint density at radius 3 is 2.37 bits per heavy atom. The maximum atomic E-state index is 13.4. The number of hydrogen-bond donors (Lipinski definition) is 1. The molecule has 2 unspecified atom stereocenters. The minimum atomic E-state index is -1.63. The fourth-order valence-electron chi connectivity index (χ4n) is 2.28. The number of rotatable bonds is 4. The van der Waals surface area contributed by atoms with E-state index in [0.717, 1.165) is 25.0 Å². The average Bonchev–Trinajstić information content (AvgIpc) is 2.80. The summed E-state index contributed by atoms with van der Waals surface area (Å²) in [5.74, 6) is -5.22. The summed E-state index contributed by atoms with van der Waals surface area (Å²) >= 11 is 1.78. The molecule has 1 aromatic rings. The summed E-state index contributed by atoms with van der Waals surface area (Å²) < 4.78 is 52.8. The molecule has 1 fully saturated rings. The molecule has 106 valence electrons. The highest BCUT2D eigenvalue weighted by Crippen LogP contribution is 2.33. The van der Waals surface area contributed by atoms with Crippen LogP contribution in [0.25, 0.3) is 0 Å². The van der Waals surface area contributed by atoms with Gasteiger partial charge in [0.15, 0.2) is 0 Å². The number of thioether (sulfide) groups is 1. The molecule has 1 heterocycles. The zero-order chi connectivity index (χ0) is 14.0. The number of halogens is 4. The third-order valence-corrected chi connectivity index (χ3v) is 4.37. The van der Waals surface area contributed by atoms with Gasteiger partial charge in [0.2, 0.25) is 11.6 Å². The Morgan fingerprint density at radius 2 is 1.79 bits per heavy atom. The molecular weight excluding hydrogens is 280 g/mol. The van der Waals surface area contributed by atoms with E-state index >= 15 is 0 Å². The van der Waals surface area contributed by atoms with Crippen molar-refractivity contribution in [2.24, 2.45) is 0 Å². The number of hydrogen-bond acceptors (Lipinski definition) is 3. The van der Waals surface area contributed by atoms with Crippen molar-refractivity contribution in [3.05, 3.63) is 23.5 Å². The van der Waals surface area contributed by atoms with Gasteiger partial charge in [-0.1, -0.05) is 6.92 Å². The molecule has 2 nitrogen and oxygen atoms in total. The van der Waals surface area contributed by atoms with Crippen molar-refractivity contribution in [1.82, 2.24) is 4.98 Å². The van der Waals surface area contributed by atoms with Crippen molar-refractivity contribution >= 4 is 17.4 Å². The fourth-order valence-corrected chi connectivity index (χ4v) is 3.42. The van der Waals surface area contributed by atoms with Crippen LogP contribution >= 0.6 is 11.8 Å². The van der Waals surface area contributed by atoms with Crippen molar-refractivity contribution in [1.29, 1.82) is 0 Å². The second kappa shape index (κ2) is 5.98. The van der Waals surface area contributed by atoms with E-state index in [1.807, 2.05) is 6.92 Å². The van der Waals surface area contributed by atoms with Gasteiger partial charge >= 0.3 is 0 Å². The van der Waals surface area contributed by atoms with Crippen LogP contribution < -0.4 is 5.32 Å². The van der Waals surface area contributed by atoms with Crippen molar-refractivity contribution in [2.75, 3.05) is 11.1 Å². The van der Waals surface area contributed by atoms with Gasteiger partial charge in [-0.15, -0.1) is 0 Å². The summed E-state index contributed by atoms with van der Waals surface area (Å²) in [7, 11) is 0. The molecule has 1 aliphatic carbocycles. The smallest absolute Gasteiger partial charge is 0.253 e. The fraction of sp³-hybridized carbons (Fsp3) is 0.583.